The average Bonchev–Trinajstić information content (AvgIpc) is 2.95. The van der Waals surface area contributed by atoms with Crippen molar-refractivity contribution in [3.8, 4) is 17.2 Å². The van der Waals surface area contributed by atoms with Crippen molar-refractivity contribution in [2.75, 3.05) is 34.4 Å². The molecule has 7 nitrogen and oxygen atoms in total. The minimum Gasteiger partial charge on any atom is -0.493 e. The SMILES string of the molecule is COc1cc2c(c(OC)c1OC)CCN(C(C)c1n[nH]c(C)n1)CC2. The first-order valence-corrected chi connectivity index (χ1v) is 8.52. The summed E-state index contributed by atoms with van der Waals surface area (Å²) in [5, 5.41) is 7.25. The summed E-state index contributed by atoms with van der Waals surface area (Å²) in [7, 11) is 4.98. The van der Waals surface area contributed by atoms with E-state index in [0.29, 0.717) is 11.5 Å². The molecule has 1 aliphatic heterocycles. The quantitative estimate of drug-likeness (QED) is 0.896. The van der Waals surface area contributed by atoms with Crippen LogP contribution in [0.2, 0.25) is 0 Å². The topological polar surface area (TPSA) is 72.5 Å². The van der Waals surface area contributed by atoms with Gasteiger partial charge in [0.15, 0.2) is 17.3 Å². The molecule has 1 atom stereocenters. The maximum absolute atomic E-state index is 5.66. The summed E-state index contributed by atoms with van der Waals surface area (Å²) in [6.45, 7) is 5.91. The van der Waals surface area contributed by atoms with Crippen molar-refractivity contribution in [3.63, 3.8) is 0 Å². The Morgan fingerprint density at radius 3 is 2.40 bits per heavy atom. The standard InChI is InChI=1S/C18H26N4O3/c1-11(18-19-12(2)20-21-18)22-8-6-13-10-15(23-3)17(25-5)16(24-4)14(13)7-9-22/h10-11H,6-9H2,1-5H3,(H,19,20,21). The first-order chi connectivity index (χ1) is 12.1. The third-order valence-electron chi connectivity index (χ3n) is 4.88. The van der Waals surface area contributed by atoms with Crippen LogP contribution in [0.25, 0.3) is 0 Å². The molecule has 2 aromatic rings. The number of H-pyrrole nitrogens is 1. The molecule has 0 saturated heterocycles. The van der Waals surface area contributed by atoms with Crippen molar-refractivity contribution in [3.05, 3.63) is 28.8 Å². The number of aryl methyl sites for hydroxylation is 1. The normalized spacial score (nSPS) is 16.0. The van der Waals surface area contributed by atoms with Crippen LogP contribution in [0.3, 0.4) is 0 Å². The van der Waals surface area contributed by atoms with Gasteiger partial charge < -0.3 is 14.2 Å². The highest BCUT2D eigenvalue weighted by Crippen LogP contribution is 2.43. The Morgan fingerprint density at radius 2 is 1.80 bits per heavy atom. The third kappa shape index (κ3) is 3.28. The fourth-order valence-corrected chi connectivity index (χ4v) is 3.49. The summed E-state index contributed by atoms with van der Waals surface area (Å²) in [5.41, 5.74) is 2.44. The van der Waals surface area contributed by atoms with Gasteiger partial charge in [0, 0.05) is 18.7 Å². The minimum absolute atomic E-state index is 0.161. The number of fused-ring (bicyclic) bond motifs is 1. The van der Waals surface area contributed by atoms with Crippen molar-refractivity contribution in [1.82, 2.24) is 20.1 Å². The number of hydrogen-bond acceptors (Lipinski definition) is 6. The molecule has 7 heteroatoms. The Hall–Kier alpha value is -2.28. The van der Waals surface area contributed by atoms with Gasteiger partial charge in [-0.2, -0.15) is 5.10 Å². The third-order valence-corrected chi connectivity index (χ3v) is 4.88. The highest BCUT2D eigenvalue weighted by molar-refractivity contribution is 5.59. The van der Waals surface area contributed by atoms with Crippen LogP contribution in [0.15, 0.2) is 6.07 Å². The number of aromatic nitrogens is 3. The number of aromatic amines is 1. The van der Waals surface area contributed by atoms with Gasteiger partial charge in [-0.25, -0.2) is 4.98 Å². The fourth-order valence-electron chi connectivity index (χ4n) is 3.49. The maximum atomic E-state index is 5.66. The number of rotatable bonds is 5. The van der Waals surface area contributed by atoms with Crippen LogP contribution in [0.4, 0.5) is 0 Å². The Balaban J connectivity index is 1.89. The molecule has 0 saturated carbocycles. The molecule has 3 rings (SSSR count). The lowest BCUT2D eigenvalue weighted by Gasteiger charge is -2.25. The molecule has 1 unspecified atom stereocenters. The Labute approximate surface area is 148 Å². The molecule has 0 radical (unpaired) electrons. The maximum Gasteiger partial charge on any atom is 0.203 e. The number of nitrogens with one attached hydrogen (secondary N) is 1. The minimum atomic E-state index is 0.161. The van der Waals surface area contributed by atoms with Crippen LogP contribution in [0.5, 0.6) is 17.2 Å². The van der Waals surface area contributed by atoms with Gasteiger partial charge >= 0.3 is 0 Å². The van der Waals surface area contributed by atoms with E-state index in [0.717, 1.165) is 43.3 Å². The zero-order chi connectivity index (χ0) is 18.0. The van der Waals surface area contributed by atoms with Gasteiger partial charge in [0.05, 0.1) is 27.4 Å². The van der Waals surface area contributed by atoms with Gasteiger partial charge in [-0.05, 0) is 38.3 Å². The zero-order valence-electron chi connectivity index (χ0n) is 15.5. The largest absolute Gasteiger partial charge is 0.493 e. The van der Waals surface area contributed by atoms with E-state index < -0.39 is 0 Å². The predicted molar refractivity (Wildman–Crippen MR) is 94.6 cm³/mol. The van der Waals surface area contributed by atoms with Crippen molar-refractivity contribution in [2.24, 2.45) is 0 Å². The number of ether oxygens (including phenoxy) is 3. The summed E-state index contributed by atoms with van der Waals surface area (Å²) in [5.74, 6) is 3.83. The second-order valence-corrected chi connectivity index (χ2v) is 6.27. The zero-order valence-corrected chi connectivity index (χ0v) is 15.5. The first kappa shape index (κ1) is 17.5. The van der Waals surface area contributed by atoms with E-state index in [9.17, 15) is 0 Å². The molecule has 0 amide bonds. The van der Waals surface area contributed by atoms with Crippen LogP contribution < -0.4 is 14.2 Å². The van der Waals surface area contributed by atoms with Gasteiger partial charge in [0.1, 0.15) is 5.82 Å². The Kier molecular flexibility index (Phi) is 5.13. The van der Waals surface area contributed by atoms with Gasteiger partial charge in [-0.1, -0.05) is 0 Å². The van der Waals surface area contributed by atoms with Gasteiger partial charge in [-0.3, -0.25) is 10.00 Å². The van der Waals surface area contributed by atoms with Crippen molar-refractivity contribution in [1.29, 1.82) is 0 Å². The van der Waals surface area contributed by atoms with E-state index >= 15 is 0 Å². The molecule has 0 aliphatic carbocycles. The molecule has 25 heavy (non-hydrogen) atoms. The van der Waals surface area contributed by atoms with Crippen molar-refractivity contribution >= 4 is 0 Å². The van der Waals surface area contributed by atoms with Crippen molar-refractivity contribution in [2.45, 2.75) is 32.7 Å². The lowest BCUT2D eigenvalue weighted by molar-refractivity contribution is 0.213. The molecule has 136 valence electrons. The number of methoxy groups -OCH3 is 3. The molecule has 1 aromatic heterocycles. The fraction of sp³-hybridized carbons (Fsp3) is 0.556. The second kappa shape index (κ2) is 7.31. The van der Waals surface area contributed by atoms with E-state index in [4.69, 9.17) is 14.2 Å². The van der Waals surface area contributed by atoms with Crippen LogP contribution >= 0.6 is 0 Å². The summed E-state index contributed by atoms with van der Waals surface area (Å²) in [6.07, 6.45) is 1.80. The van der Waals surface area contributed by atoms with E-state index in [1.807, 2.05) is 6.92 Å². The monoisotopic (exact) mass is 346 g/mol. The molecular weight excluding hydrogens is 320 g/mol. The second-order valence-electron chi connectivity index (χ2n) is 6.27. The average molecular weight is 346 g/mol. The predicted octanol–water partition coefficient (Wildman–Crippen LogP) is 2.30. The number of benzene rings is 1. The van der Waals surface area contributed by atoms with E-state index in [1.165, 1.54) is 11.1 Å². The first-order valence-electron chi connectivity index (χ1n) is 8.52. The molecule has 1 aromatic carbocycles. The van der Waals surface area contributed by atoms with Gasteiger partial charge in [0.25, 0.3) is 0 Å². The highest BCUT2D eigenvalue weighted by atomic mass is 16.5. The van der Waals surface area contributed by atoms with Gasteiger partial charge in [0.2, 0.25) is 5.75 Å². The summed E-state index contributed by atoms with van der Waals surface area (Å²) in [6, 6.07) is 2.23. The van der Waals surface area contributed by atoms with E-state index in [1.54, 1.807) is 21.3 Å². The van der Waals surface area contributed by atoms with Crippen LogP contribution in [-0.2, 0) is 12.8 Å². The summed E-state index contributed by atoms with van der Waals surface area (Å²) >= 11 is 0. The Morgan fingerprint density at radius 1 is 1.08 bits per heavy atom. The summed E-state index contributed by atoms with van der Waals surface area (Å²) < 4.78 is 16.7. The van der Waals surface area contributed by atoms with Crippen LogP contribution in [-0.4, -0.2) is 54.5 Å². The van der Waals surface area contributed by atoms with Gasteiger partial charge in [-0.15, -0.1) is 0 Å². The van der Waals surface area contributed by atoms with Crippen LogP contribution in [0, 0.1) is 6.92 Å². The molecule has 0 spiro atoms. The summed E-state index contributed by atoms with van der Waals surface area (Å²) in [4.78, 5) is 6.88. The molecule has 1 aliphatic rings. The van der Waals surface area contributed by atoms with E-state index in [2.05, 4.69) is 33.1 Å². The molecular formula is C18H26N4O3. The van der Waals surface area contributed by atoms with Crippen LogP contribution in [0.1, 0.15) is 35.7 Å². The highest BCUT2D eigenvalue weighted by Gasteiger charge is 2.27. The lowest BCUT2D eigenvalue weighted by atomic mass is 10.0. The number of hydrogen-bond donors (Lipinski definition) is 1. The molecule has 0 fully saturated rings. The number of nitrogens with zero attached hydrogens (tertiary/aromatic N) is 3. The van der Waals surface area contributed by atoms with Crippen molar-refractivity contribution < 1.29 is 14.2 Å². The van der Waals surface area contributed by atoms with E-state index in [-0.39, 0.29) is 6.04 Å². The molecule has 0 bridgehead atoms. The molecule has 2 heterocycles. The lowest BCUT2D eigenvalue weighted by Crippen LogP contribution is -2.30. The Bertz CT molecular complexity index is 744. The smallest absolute Gasteiger partial charge is 0.203 e. The molecule has 1 N–H and O–H groups in total.